The van der Waals surface area contributed by atoms with E-state index in [1.165, 1.54) is 29.5 Å². The largest absolute Gasteiger partial charge is 0.399 e. The smallest absolute Gasteiger partial charge is 0.254 e. The second-order valence-electron chi connectivity index (χ2n) is 3.40. The van der Waals surface area contributed by atoms with E-state index in [0.717, 1.165) is 5.69 Å². The van der Waals surface area contributed by atoms with Crippen LogP contribution >= 0.6 is 11.3 Å². The van der Waals surface area contributed by atoms with Crippen molar-refractivity contribution in [1.82, 2.24) is 10.3 Å². The van der Waals surface area contributed by atoms with Crippen LogP contribution in [-0.4, -0.2) is 10.9 Å². The predicted octanol–water partition coefficient (Wildman–Crippen LogP) is 1.79. The molecule has 4 nitrogen and oxygen atoms in total. The fourth-order valence-corrected chi connectivity index (χ4v) is 1.87. The van der Waals surface area contributed by atoms with Crippen molar-refractivity contribution in [2.75, 3.05) is 5.73 Å². The number of hydrogen-bond acceptors (Lipinski definition) is 4. The normalized spacial score (nSPS) is 10.2. The standard InChI is InChI=1S/C11H10FN3OS/c12-10-2-1-7(13)3-9(10)11(16)14-4-8-5-17-6-15-8/h1-3,5-6H,4,13H2,(H,14,16). The molecular weight excluding hydrogens is 241 g/mol. The van der Waals surface area contributed by atoms with E-state index in [9.17, 15) is 9.18 Å². The number of hydrogen-bond donors (Lipinski definition) is 2. The van der Waals surface area contributed by atoms with E-state index in [0.29, 0.717) is 5.69 Å². The zero-order valence-corrected chi connectivity index (χ0v) is 9.63. The first-order valence-corrected chi connectivity index (χ1v) is 5.81. The zero-order chi connectivity index (χ0) is 12.3. The summed E-state index contributed by atoms with van der Waals surface area (Å²) in [7, 11) is 0. The fraction of sp³-hybridized carbons (Fsp3) is 0.0909. The Morgan fingerprint density at radius 2 is 2.35 bits per heavy atom. The van der Waals surface area contributed by atoms with Crippen LogP contribution in [0.3, 0.4) is 0 Å². The summed E-state index contributed by atoms with van der Waals surface area (Å²) >= 11 is 1.44. The third-order valence-corrected chi connectivity index (χ3v) is 2.78. The number of thiazole rings is 1. The quantitative estimate of drug-likeness (QED) is 0.817. The number of nitrogens with zero attached hydrogens (tertiary/aromatic N) is 1. The van der Waals surface area contributed by atoms with E-state index < -0.39 is 11.7 Å². The summed E-state index contributed by atoms with van der Waals surface area (Å²) in [5.74, 6) is -1.09. The lowest BCUT2D eigenvalue weighted by Crippen LogP contribution is -2.24. The molecule has 0 bridgehead atoms. The van der Waals surface area contributed by atoms with Crippen molar-refractivity contribution in [2.45, 2.75) is 6.54 Å². The monoisotopic (exact) mass is 251 g/mol. The number of carbonyl (C=O) groups excluding carboxylic acids is 1. The number of nitrogen functional groups attached to an aromatic ring is 1. The molecule has 0 atom stereocenters. The Hall–Kier alpha value is -1.95. The molecule has 1 amide bonds. The number of aromatic nitrogens is 1. The SMILES string of the molecule is Nc1ccc(F)c(C(=O)NCc2cscn2)c1. The first-order valence-electron chi connectivity index (χ1n) is 4.87. The highest BCUT2D eigenvalue weighted by atomic mass is 32.1. The van der Waals surface area contributed by atoms with Crippen LogP contribution in [0.25, 0.3) is 0 Å². The number of benzene rings is 1. The van der Waals surface area contributed by atoms with Crippen molar-refractivity contribution in [3.05, 3.63) is 46.2 Å². The van der Waals surface area contributed by atoms with Crippen LogP contribution < -0.4 is 11.1 Å². The highest BCUT2D eigenvalue weighted by molar-refractivity contribution is 7.07. The molecule has 0 saturated carbocycles. The van der Waals surface area contributed by atoms with E-state index >= 15 is 0 Å². The molecule has 1 aromatic carbocycles. The molecule has 88 valence electrons. The maximum atomic E-state index is 13.4. The fourth-order valence-electron chi connectivity index (χ4n) is 1.31. The zero-order valence-electron chi connectivity index (χ0n) is 8.81. The van der Waals surface area contributed by atoms with E-state index in [-0.39, 0.29) is 12.1 Å². The van der Waals surface area contributed by atoms with Crippen molar-refractivity contribution < 1.29 is 9.18 Å². The van der Waals surface area contributed by atoms with Gasteiger partial charge in [-0.3, -0.25) is 4.79 Å². The Balaban J connectivity index is 2.07. The number of halogens is 1. The molecule has 1 heterocycles. The molecule has 0 fully saturated rings. The maximum absolute atomic E-state index is 13.4. The van der Waals surface area contributed by atoms with Gasteiger partial charge in [0, 0.05) is 11.1 Å². The van der Waals surface area contributed by atoms with E-state index in [1.54, 1.807) is 5.51 Å². The van der Waals surface area contributed by atoms with Crippen molar-refractivity contribution in [3.8, 4) is 0 Å². The van der Waals surface area contributed by atoms with Gasteiger partial charge in [0.15, 0.2) is 0 Å². The summed E-state index contributed by atoms with van der Waals surface area (Å²) in [6.45, 7) is 0.274. The topological polar surface area (TPSA) is 68.0 Å². The number of nitrogens with one attached hydrogen (secondary N) is 1. The van der Waals surface area contributed by atoms with Crippen LogP contribution in [0.5, 0.6) is 0 Å². The van der Waals surface area contributed by atoms with Crippen LogP contribution in [0.1, 0.15) is 16.1 Å². The van der Waals surface area contributed by atoms with Crippen molar-refractivity contribution in [2.24, 2.45) is 0 Å². The minimum atomic E-state index is -0.588. The first-order chi connectivity index (χ1) is 8.16. The lowest BCUT2D eigenvalue weighted by Gasteiger charge is -2.05. The third kappa shape index (κ3) is 2.79. The maximum Gasteiger partial charge on any atom is 0.254 e. The Kier molecular flexibility index (Phi) is 3.34. The van der Waals surface area contributed by atoms with E-state index in [2.05, 4.69) is 10.3 Å². The molecule has 6 heteroatoms. The molecule has 17 heavy (non-hydrogen) atoms. The Morgan fingerprint density at radius 3 is 3.06 bits per heavy atom. The number of amides is 1. The molecule has 2 rings (SSSR count). The number of rotatable bonds is 3. The van der Waals surface area contributed by atoms with Gasteiger partial charge in [0.1, 0.15) is 5.82 Å². The number of carbonyl (C=O) groups is 1. The highest BCUT2D eigenvalue weighted by Gasteiger charge is 2.11. The number of nitrogens with two attached hydrogens (primary N) is 1. The van der Waals surface area contributed by atoms with Gasteiger partial charge in [-0.05, 0) is 18.2 Å². The molecule has 0 unspecified atom stereocenters. The van der Waals surface area contributed by atoms with Crippen molar-refractivity contribution in [3.63, 3.8) is 0 Å². The van der Waals surface area contributed by atoms with Gasteiger partial charge in [-0.25, -0.2) is 9.37 Å². The van der Waals surface area contributed by atoms with Gasteiger partial charge in [0.05, 0.1) is 23.3 Å². The highest BCUT2D eigenvalue weighted by Crippen LogP contribution is 2.12. The first kappa shape index (κ1) is 11.5. The van der Waals surface area contributed by atoms with Crippen LogP contribution in [0.2, 0.25) is 0 Å². The van der Waals surface area contributed by atoms with Crippen LogP contribution in [-0.2, 0) is 6.54 Å². The molecular formula is C11H10FN3OS. The average Bonchev–Trinajstić information content (AvgIpc) is 2.82. The van der Waals surface area contributed by atoms with E-state index in [4.69, 9.17) is 5.73 Å². The molecule has 0 spiro atoms. The van der Waals surface area contributed by atoms with Crippen LogP contribution in [0.15, 0.2) is 29.1 Å². The summed E-state index contributed by atoms with van der Waals surface area (Å²) in [5, 5.41) is 4.39. The summed E-state index contributed by atoms with van der Waals surface area (Å²) in [6, 6.07) is 3.89. The van der Waals surface area contributed by atoms with Gasteiger partial charge in [-0.1, -0.05) is 0 Å². The molecule has 0 saturated heterocycles. The molecule has 2 aromatic rings. The summed E-state index contributed by atoms with van der Waals surface area (Å²) in [6.07, 6.45) is 0. The van der Waals surface area contributed by atoms with Crippen molar-refractivity contribution in [1.29, 1.82) is 0 Å². The number of anilines is 1. The van der Waals surface area contributed by atoms with Gasteiger partial charge in [-0.2, -0.15) is 0 Å². The summed E-state index contributed by atoms with van der Waals surface area (Å²) in [5.41, 5.74) is 8.21. The minimum absolute atomic E-state index is 0.0553. The molecule has 0 aliphatic rings. The molecule has 0 aliphatic heterocycles. The molecule has 0 aliphatic carbocycles. The Labute approximate surface area is 101 Å². The second kappa shape index (κ2) is 4.92. The summed E-state index contributed by atoms with van der Waals surface area (Å²) in [4.78, 5) is 15.7. The van der Waals surface area contributed by atoms with Crippen LogP contribution in [0.4, 0.5) is 10.1 Å². The molecule has 1 aromatic heterocycles. The Morgan fingerprint density at radius 1 is 1.53 bits per heavy atom. The van der Waals surface area contributed by atoms with Crippen LogP contribution in [0, 0.1) is 5.82 Å². The lowest BCUT2D eigenvalue weighted by molar-refractivity contribution is 0.0946. The van der Waals surface area contributed by atoms with Gasteiger partial charge >= 0.3 is 0 Å². The van der Waals surface area contributed by atoms with Gasteiger partial charge in [0.25, 0.3) is 5.91 Å². The minimum Gasteiger partial charge on any atom is -0.399 e. The second-order valence-corrected chi connectivity index (χ2v) is 4.12. The predicted molar refractivity (Wildman–Crippen MR) is 64.1 cm³/mol. The van der Waals surface area contributed by atoms with Gasteiger partial charge < -0.3 is 11.1 Å². The van der Waals surface area contributed by atoms with Gasteiger partial charge in [-0.15, -0.1) is 11.3 Å². The average molecular weight is 251 g/mol. The molecule has 0 radical (unpaired) electrons. The Bertz CT molecular complexity index is 528. The van der Waals surface area contributed by atoms with E-state index in [1.807, 2.05) is 5.38 Å². The van der Waals surface area contributed by atoms with Crippen molar-refractivity contribution >= 4 is 22.9 Å². The third-order valence-electron chi connectivity index (χ3n) is 2.15. The lowest BCUT2D eigenvalue weighted by atomic mass is 10.2. The van der Waals surface area contributed by atoms with Gasteiger partial charge in [0.2, 0.25) is 0 Å². The summed E-state index contributed by atoms with van der Waals surface area (Å²) < 4.78 is 13.4. The molecule has 3 N–H and O–H groups in total.